The molecule has 1 aromatic rings. The zero-order valence-corrected chi connectivity index (χ0v) is 11.4. The largest absolute Gasteiger partial charge is 0.491 e. The zero-order valence-electron chi connectivity index (χ0n) is 11.4. The van der Waals surface area contributed by atoms with Crippen LogP contribution in [0.4, 0.5) is 5.69 Å². The van der Waals surface area contributed by atoms with Gasteiger partial charge < -0.3 is 20.9 Å². The lowest BCUT2D eigenvalue weighted by atomic mass is 10.1. The number of rotatable bonds is 7. The molecule has 0 aliphatic carbocycles. The molecule has 1 unspecified atom stereocenters. The molecule has 0 fully saturated rings. The summed E-state index contributed by atoms with van der Waals surface area (Å²) in [5.74, 6) is 0.639. The Morgan fingerprint density at radius 2 is 2.11 bits per heavy atom. The number of aliphatic hydroxyl groups excluding tert-OH is 1. The van der Waals surface area contributed by atoms with Crippen molar-refractivity contribution in [3.8, 4) is 5.75 Å². The maximum Gasteiger partial charge on any atom is 0.223 e. The van der Waals surface area contributed by atoms with Crippen LogP contribution in [0.5, 0.6) is 5.75 Å². The molecule has 0 aliphatic rings. The molecule has 0 saturated heterocycles. The van der Waals surface area contributed by atoms with Crippen molar-refractivity contribution < 1.29 is 14.6 Å². The van der Waals surface area contributed by atoms with Gasteiger partial charge in [-0.05, 0) is 18.1 Å². The normalized spacial score (nSPS) is 12.2. The van der Waals surface area contributed by atoms with E-state index in [1.807, 2.05) is 26.0 Å². The molecule has 5 heteroatoms. The molecule has 5 nitrogen and oxygen atoms in total. The van der Waals surface area contributed by atoms with Crippen LogP contribution in [-0.4, -0.2) is 30.3 Å². The van der Waals surface area contributed by atoms with Crippen LogP contribution in [0, 0.1) is 5.92 Å². The first kappa shape index (κ1) is 15.3. The van der Waals surface area contributed by atoms with Gasteiger partial charge in [-0.1, -0.05) is 26.0 Å². The number of carbonyl (C=O) groups is 1. The predicted octanol–water partition coefficient (Wildman–Crippen LogP) is 1.17. The average Bonchev–Trinajstić information content (AvgIpc) is 2.38. The van der Waals surface area contributed by atoms with Gasteiger partial charge >= 0.3 is 0 Å². The molecule has 0 spiro atoms. The number of nitrogen functional groups attached to an aromatic ring is 1. The summed E-state index contributed by atoms with van der Waals surface area (Å²) in [5.41, 5.74) is 6.27. The third-order valence-corrected chi connectivity index (χ3v) is 2.85. The fourth-order valence-electron chi connectivity index (χ4n) is 1.57. The zero-order chi connectivity index (χ0) is 14.3. The van der Waals surface area contributed by atoms with E-state index < -0.39 is 0 Å². The second kappa shape index (κ2) is 7.63. The summed E-state index contributed by atoms with van der Waals surface area (Å²) in [6.45, 7) is 4.09. The third kappa shape index (κ3) is 5.18. The van der Waals surface area contributed by atoms with Crippen molar-refractivity contribution in [3.05, 3.63) is 24.3 Å². The number of amides is 1. The van der Waals surface area contributed by atoms with Crippen LogP contribution in [0.1, 0.15) is 20.3 Å². The maximum atomic E-state index is 11.7. The topological polar surface area (TPSA) is 84.6 Å². The molecule has 19 heavy (non-hydrogen) atoms. The van der Waals surface area contributed by atoms with E-state index in [1.54, 1.807) is 12.1 Å². The second-order valence-corrected chi connectivity index (χ2v) is 4.74. The molecule has 1 rings (SSSR count). The number of carbonyl (C=O) groups excluding carboxylic acids is 1. The van der Waals surface area contributed by atoms with Crippen molar-refractivity contribution in [3.63, 3.8) is 0 Å². The Balaban J connectivity index is 2.33. The number of hydrogen-bond acceptors (Lipinski definition) is 4. The number of para-hydroxylation sites is 2. The van der Waals surface area contributed by atoms with E-state index in [-0.39, 0.29) is 37.5 Å². The van der Waals surface area contributed by atoms with Crippen molar-refractivity contribution >= 4 is 11.6 Å². The maximum absolute atomic E-state index is 11.7. The van der Waals surface area contributed by atoms with Crippen LogP contribution in [-0.2, 0) is 4.79 Å². The van der Waals surface area contributed by atoms with Gasteiger partial charge in [-0.15, -0.1) is 0 Å². The Labute approximate surface area is 113 Å². The minimum atomic E-state index is -0.214. The minimum Gasteiger partial charge on any atom is -0.491 e. The van der Waals surface area contributed by atoms with Gasteiger partial charge in [-0.3, -0.25) is 4.79 Å². The second-order valence-electron chi connectivity index (χ2n) is 4.74. The first-order chi connectivity index (χ1) is 9.04. The Bertz CT molecular complexity index is 407. The Hall–Kier alpha value is -1.75. The lowest BCUT2D eigenvalue weighted by molar-refractivity contribution is -0.122. The molecule has 106 valence electrons. The highest BCUT2D eigenvalue weighted by Gasteiger charge is 2.14. The summed E-state index contributed by atoms with van der Waals surface area (Å²) in [6.07, 6.45) is 0.234. The molecule has 0 aromatic heterocycles. The number of aliphatic hydroxyl groups is 1. The molecule has 0 heterocycles. The Morgan fingerprint density at radius 3 is 2.68 bits per heavy atom. The fourth-order valence-corrected chi connectivity index (χ4v) is 1.57. The van der Waals surface area contributed by atoms with E-state index in [2.05, 4.69) is 5.32 Å². The molecule has 0 radical (unpaired) electrons. The van der Waals surface area contributed by atoms with E-state index in [4.69, 9.17) is 15.6 Å². The van der Waals surface area contributed by atoms with E-state index in [0.29, 0.717) is 11.4 Å². The number of benzene rings is 1. The molecule has 0 saturated carbocycles. The minimum absolute atomic E-state index is 0.0596. The van der Waals surface area contributed by atoms with E-state index in [9.17, 15) is 4.79 Å². The van der Waals surface area contributed by atoms with Crippen molar-refractivity contribution in [2.24, 2.45) is 5.92 Å². The summed E-state index contributed by atoms with van der Waals surface area (Å²) in [5, 5.41) is 11.9. The van der Waals surface area contributed by atoms with Gasteiger partial charge in [-0.2, -0.15) is 0 Å². The van der Waals surface area contributed by atoms with Gasteiger partial charge in [0.05, 0.1) is 31.4 Å². The number of nitrogens with one attached hydrogen (secondary N) is 1. The van der Waals surface area contributed by atoms with Crippen LogP contribution < -0.4 is 15.8 Å². The number of anilines is 1. The number of nitrogens with two attached hydrogens (primary N) is 1. The van der Waals surface area contributed by atoms with Crippen LogP contribution >= 0.6 is 0 Å². The van der Waals surface area contributed by atoms with Gasteiger partial charge in [-0.25, -0.2) is 0 Å². The third-order valence-electron chi connectivity index (χ3n) is 2.85. The van der Waals surface area contributed by atoms with Crippen LogP contribution in [0.3, 0.4) is 0 Å². The van der Waals surface area contributed by atoms with Crippen LogP contribution in [0.25, 0.3) is 0 Å². The lowest BCUT2D eigenvalue weighted by Gasteiger charge is -2.19. The number of hydrogen-bond donors (Lipinski definition) is 3. The highest BCUT2D eigenvalue weighted by Crippen LogP contribution is 2.19. The molecule has 0 aliphatic heterocycles. The highest BCUT2D eigenvalue weighted by molar-refractivity contribution is 5.76. The van der Waals surface area contributed by atoms with Gasteiger partial charge in [0, 0.05) is 0 Å². The summed E-state index contributed by atoms with van der Waals surface area (Å²) < 4.78 is 5.43. The first-order valence-electron chi connectivity index (χ1n) is 6.42. The molecular formula is C14H22N2O3. The Morgan fingerprint density at radius 1 is 1.42 bits per heavy atom. The average molecular weight is 266 g/mol. The van der Waals surface area contributed by atoms with Gasteiger partial charge in [0.1, 0.15) is 5.75 Å². The summed E-state index contributed by atoms with van der Waals surface area (Å²) >= 11 is 0. The smallest absolute Gasteiger partial charge is 0.223 e. The number of ether oxygens (including phenoxy) is 1. The fraction of sp³-hybridized carbons (Fsp3) is 0.500. The van der Waals surface area contributed by atoms with Gasteiger partial charge in [0.25, 0.3) is 0 Å². The molecule has 1 aromatic carbocycles. The monoisotopic (exact) mass is 266 g/mol. The van der Waals surface area contributed by atoms with Crippen molar-refractivity contribution in [1.29, 1.82) is 0 Å². The summed E-state index contributed by atoms with van der Waals surface area (Å²) in [7, 11) is 0. The molecule has 0 bridgehead atoms. The van der Waals surface area contributed by atoms with E-state index in [1.165, 1.54) is 0 Å². The van der Waals surface area contributed by atoms with Crippen molar-refractivity contribution in [2.45, 2.75) is 26.3 Å². The summed E-state index contributed by atoms with van der Waals surface area (Å²) in [4.78, 5) is 11.7. The van der Waals surface area contributed by atoms with E-state index >= 15 is 0 Å². The molecule has 1 atom stereocenters. The van der Waals surface area contributed by atoms with Crippen molar-refractivity contribution in [1.82, 2.24) is 5.32 Å². The van der Waals surface area contributed by atoms with Gasteiger partial charge in [0.15, 0.2) is 0 Å². The molecular weight excluding hydrogens is 244 g/mol. The quantitative estimate of drug-likeness (QED) is 0.647. The molecule has 1 amide bonds. The van der Waals surface area contributed by atoms with E-state index in [0.717, 1.165) is 0 Å². The standard InChI is InChI=1S/C14H22N2O3/c1-10(2)12(9-17)16-14(18)7-8-19-13-6-4-3-5-11(13)15/h3-6,10,12,17H,7-9,15H2,1-2H3,(H,16,18). The SMILES string of the molecule is CC(C)C(CO)NC(=O)CCOc1ccccc1N. The van der Waals surface area contributed by atoms with Crippen LogP contribution in [0.15, 0.2) is 24.3 Å². The Kier molecular flexibility index (Phi) is 6.15. The molecule has 4 N–H and O–H groups in total. The lowest BCUT2D eigenvalue weighted by Crippen LogP contribution is -2.41. The predicted molar refractivity (Wildman–Crippen MR) is 74.8 cm³/mol. The highest BCUT2D eigenvalue weighted by atomic mass is 16.5. The summed E-state index contributed by atoms with van der Waals surface area (Å²) in [6, 6.07) is 6.94. The first-order valence-corrected chi connectivity index (χ1v) is 6.42. The van der Waals surface area contributed by atoms with Crippen LogP contribution in [0.2, 0.25) is 0 Å². The van der Waals surface area contributed by atoms with Gasteiger partial charge in [0.2, 0.25) is 5.91 Å². The van der Waals surface area contributed by atoms with Crippen molar-refractivity contribution in [2.75, 3.05) is 18.9 Å².